The van der Waals surface area contributed by atoms with Crippen LogP contribution in [0.15, 0.2) is 53.7 Å². The third-order valence-corrected chi connectivity index (χ3v) is 6.21. The first-order valence-electron chi connectivity index (χ1n) is 9.96. The monoisotopic (exact) mass is 423 g/mol. The molecule has 3 aromatic rings. The van der Waals surface area contributed by atoms with Crippen molar-refractivity contribution in [3.8, 4) is 5.75 Å². The summed E-state index contributed by atoms with van der Waals surface area (Å²) in [7, 11) is 0. The van der Waals surface area contributed by atoms with E-state index in [0.717, 1.165) is 22.7 Å². The van der Waals surface area contributed by atoms with Crippen LogP contribution in [0.25, 0.3) is 0 Å². The van der Waals surface area contributed by atoms with Crippen molar-refractivity contribution in [2.24, 2.45) is 0 Å². The molecule has 0 bridgehead atoms. The van der Waals surface area contributed by atoms with Crippen LogP contribution in [0.1, 0.15) is 35.5 Å². The summed E-state index contributed by atoms with van der Waals surface area (Å²) in [4.78, 5) is 13.2. The lowest BCUT2D eigenvalue weighted by atomic mass is 10.0. The summed E-state index contributed by atoms with van der Waals surface area (Å²) >= 11 is 1.42. The Bertz CT molecular complexity index is 1020. The highest BCUT2D eigenvalue weighted by Gasteiger charge is 2.37. The van der Waals surface area contributed by atoms with Crippen molar-refractivity contribution in [2.75, 3.05) is 12.0 Å². The maximum atomic E-state index is 13.2. The van der Waals surface area contributed by atoms with Crippen molar-refractivity contribution in [2.45, 2.75) is 43.8 Å². The number of rotatable bonds is 6. The van der Waals surface area contributed by atoms with Crippen LogP contribution in [-0.4, -0.2) is 32.6 Å². The van der Waals surface area contributed by atoms with Gasteiger partial charge in [0.1, 0.15) is 16.8 Å². The number of ether oxygens (including phenoxy) is 1. The van der Waals surface area contributed by atoms with Gasteiger partial charge in [-0.1, -0.05) is 53.7 Å². The van der Waals surface area contributed by atoms with E-state index in [1.54, 1.807) is 0 Å². The maximum Gasteiger partial charge on any atom is 0.236 e. The van der Waals surface area contributed by atoms with E-state index in [4.69, 9.17) is 4.74 Å². The van der Waals surface area contributed by atoms with E-state index in [1.165, 1.54) is 17.3 Å². The van der Waals surface area contributed by atoms with Crippen molar-refractivity contribution < 1.29 is 9.53 Å². The fourth-order valence-electron chi connectivity index (χ4n) is 3.34. The van der Waals surface area contributed by atoms with Crippen LogP contribution in [0.3, 0.4) is 0 Å². The highest BCUT2D eigenvalue weighted by atomic mass is 32.2. The van der Waals surface area contributed by atoms with E-state index >= 15 is 0 Å². The summed E-state index contributed by atoms with van der Waals surface area (Å²) < 4.78 is 7.39. The molecule has 1 amide bonds. The van der Waals surface area contributed by atoms with Crippen molar-refractivity contribution in [1.29, 1.82) is 0 Å². The summed E-state index contributed by atoms with van der Waals surface area (Å²) in [5, 5.41) is 11.7. The van der Waals surface area contributed by atoms with Crippen LogP contribution >= 0.6 is 11.8 Å². The number of hydrogen-bond acceptors (Lipinski definition) is 6. The van der Waals surface area contributed by atoms with E-state index in [-0.39, 0.29) is 17.2 Å². The fourth-order valence-corrected chi connectivity index (χ4v) is 4.49. The van der Waals surface area contributed by atoms with Crippen molar-refractivity contribution in [3.05, 3.63) is 71.0 Å². The molecule has 0 spiro atoms. The van der Waals surface area contributed by atoms with Gasteiger partial charge >= 0.3 is 0 Å². The molecule has 1 aliphatic rings. The molecule has 0 aliphatic carbocycles. The number of amides is 1. The molecule has 7 nitrogen and oxygen atoms in total. The van der Waals surface area contributed by atoms with E-state index in [0.29, 0.717) is 18.3 Å². The minimum absolute atomic E-state index is 0.0427. The Morgan fingerprint density at radius 2 is 1.87 bits per heavy atom. The number of hydrogen-bond donors (Lipinski definition) is 2. The number of aromatic nitrogens is 3. The second kappa shape index (κ2) is 8.79. The van der Waals surface area contributed by atoms with Crippen LogP contribution in [-0.2, 0) is 11.3 Å². The van der Waals surface area contributed by atoms with E-state index < -0.39 is 0 Å². The number of nitrogens with zero attached hydrogens (tertiary/aromatic N) is 3. The third-order valence-electron chi connectivity index (χ3n) is 4.99. The molecule has 0 saturated carbocycles. The van der Waals surface area contributed by atoms with Gasteiger partial charge in [-0.25, -0.2) is 4.68 Å². The standard InChI is InChI=1S/C22H25N5O2S/c1-4-29-18-11-9-17(10-12-18)19-20(30-22-25-24-15(3)27(22)26-19)21(28)23-13-16-7-5-14(2)6-8-16/h5-12,19-20,26H,4,13H2,1-3H3,(H,23,28)/t19-,20-/m0/s1. The molecule has 1 aliphatic heterocycles. The van der Waals surface area contributed by atoms with Gasteiger partial charge < -0.3 is 15.5 Å². The lowest BCUT2D eigenvalue weighted by molar-refractivity contribution is -0.121. The Morgan fingerprint density at radius 1 is 1.13 bits per heavy atom. The molecule has 1 aromatic heterocycles. The number of thioether (sulfide) groups is 1. The second-order valence-electron chi connectivity index (χ2n) is 7.22. The maximum absolute atomic E-state index is 13.2. The van der Waals surface area contributed by atoms with Crippen molar-refractivity contribution in [3.63, 3.8) is 0 Å². The van der Waals surface area contributed by atoms with Crippen LogP contribution in [0, 0.1) is 13.8 Å². The minimum Gasteiger partial charge on any atom is -0.494 e. The zero-order valence-electron chi connectivity index (χ0n) is 17.3. The third kappa shape index (κ3) is 4.28. The predicted molar refractivity (Wildman–Crippen MR) is 117 cm³/mol. The molecule has 4 rings (SSSR count). The highest BCUT2D eigenvalue weighted by Crippen LogP contribution is 2.37. The molecular formula is C22H25N5O2S. The van der Waals surface area contributed by atoms with Crippen molar-refractivity contribution >= 4 is 17.7 Å². The fraction of sp³-hybridized carbons (Fsp3) is 0.318. The average molecular weight is 424 g/mol. The lowest BCUT2D eigenvalue weighted by Gasteiger charge is -2.32. The smallest absolute Gasteiger partial charge is 0.236 e. The molecule has 30 heavy (non-hydrogen) atoms. The average Bonchev–Trinajstić information content (AvgIpc) is 3.13. The topological polar surface area (TPSA) is 81.1 Å². The Hall–Kier alpha value is -3.00. The van der Waals surface area contributed by atoms with Crippen LogP contribution in [0.2, 0.25) is 0 Å². The van der Waals surface area contributed by atoms with Gasteiger partial charge in [0.15, 0.2) is 0 Å². The molecule has 156 valence electrons. The van der Waals surface area contributed by atoms with Gasteiger partial charge in [0.25, 0.3) is 0 Å². The Kier molecular flexibility index (Phi) is 5.94. The predicted octanol–water partition coefficient (Wildman–Crippen LogP) is 3.37. The zero-order chi connectivity index (χ0) is 21.1. The van der Waals surface area contributed by atoms with E-state index in [9.17, 15) is 4.79 Å². The van der Waals surface area contributed by atoms with Gasteiger partial charge in [-0.15, -0.1) is 10.2 Å². The minimum atomic E-state index is -0.385. The van der Waals surface area contributed by atoms with Crippen LogP contribution < -0.4 is 15.5 Å². The summed E-state index contributed by atoms with van der Waals surface area (Å²) in [6.07, 6.45) is 0. The van der Waals surface area contributed by atoms with Gasteiger partial charge in [-0.3, -0.25) is 4.79 Å². The van der Waals surface area contributed by atoms with Crippen LogP contribution in [0.5, 0.6) is 5.75 Å². The molecule has 0 fully saturated rings. The Morgan fingerprint density at radius 3 is 2.57 bits per heavy atom. The van der Waals surface area contributed by atoms with Gasteiger partial charge in [-0.2, -0.15) is 0 Å². The molecule has 2 N–H and O–H groups in total. The van der Waals surface area contributed by atoms with Gasteiger partial charge in [0, 0.05) is 6.54 Å². The largest absolute Gasteiger partial charge is 0.494 e. The Labute approximate surface area is 180 Å². The van der Waals surface area contributed by atoms with Gasteiger partial charge in [-0.05, 0) is 44.0 Å². The Balaban J connectivity index is 1.55. The number of carbonyl (C=O) groups excluding carboxylic acids is 1. The molecule has 8 heteroatoms. The summed E-state index contributed by atoms with van der Waals surface area (Å²) in [5.74, 6) is 1.53. The number of aryl methyl sites for hydroxylation is 2. The lowest BCUT2D eigenvalue weighted by Crippen LogP contribution is -2.44. The first-order chi connectivity index (χ1) is 14.5. The number of nitrogens with one attached hydrogen (secondary N) is 2. The SMILES string of the molecule is CCOc1ccc([C@@H]2Nn3c(C)nnc3S[C@@H]2C(=O)NCc2ccc(C)cc2)cc1. The molecule has 0 unspecified atom stereocenters. The zero-order valence-corrected chi connectivity index (χ0v) is 18.1. The molecule has 2 heterocycles. The second-order valence-corrected chi connectivity index (χ2v) is 8.32. The molecule has 2 atom stereocenters. The first-order valence-corrected chi connectivity index (χ1v) is 10.8. The van der Waals surface area contributed by atoms with E-state index in [1.807, 2.05) is 74.0 Å². The molecule has 0 radical (unpaired) electrons. The molecule has 2 aromatic carbocycles. The number of benzene rings is 2. The molecular weight excluding hydrogens is 398 g/mol. The number of fused-ring (bicyclic) bond motifs is 1. The normalized spacial score (nSPS) is 17.7. The van der Waals surface area contributed by atoms with Crippen LogP contribution in [0.4, 0.5) is 0 Å². The molecule has 0 saturated heterocycles. The quantitative estimate of drug-likeness (QED) is 0.633. The highest BCUT2D eigenvalue weighted by molar-refractivity contribution is 8.00. The summed E-state index contributed by atoms with van der Waals surface area (Å²) in [6, 6.07) is 15.8. The van der Waals surface area contributed by atoms with Gasteiger partial charge in [0.2, 0.25) is 11.1 Å². The summed E-state index contributed by atoms with van der Waals surface area (Å²) in [6.45, 7) is 6.99. The van der Waals surface area contributed by atoms with E-state index in [2.05, 4.69) is 20.9 Å². The number of carbonyl (C=O) groups is 1. The first kappa shape index (κ1) is 20.3. The van der Waals surface area contributed by atoms with Gasteiger partial charge in [0.05, 0.1) is 12.6 Å². The summed E-state index contributed by atoms with van der Waals surface area (Å²) in [5.41, 5.74) is 6.68. The van der Waals surface area contributed by atoms with Crippen molar-refractivity contribution in [1.82, 2.24) is 20.2 Å².